The average molecular weight is 281 g/mol. The lowest BCUT2D eigenvalue weighted by Crippen LogP contribution is -2.21. The van der Waals surface area contributed by atoms with E-state index in [1.165, 1.54) is 12.4 Å². The molecule has 0 amide bonds. The molecule has 7 nitrogen and oxygen atoms in total. The molecule has 2 N–H and O–H groups in total. The molecule has 0 saturated heterocycles. The van der Waals surface area contributed by atoms with E-state index in [9.17, 15) is 10.0 Å². The first kappa shape index (κ1) is 11.9. The van der Waals surface area contributed by atoms with Crippen molar-refractivity contribution in [1.29, 1.82) is 0 Å². The number of rotatable bonds is 0. The van der Waals surface area contributed by atoms with Crippen LogP contribution in [0, 0.1) is 0 Å². The van der Waals surface area contributed by atoms with Gasteiger partial charge in [0.2, 0.25) is 0 Å². The minimum atomic E-state index is -0.159. The first-order valence-corrected chi connectivity index (χ1v) is 6.36. The number of nitrogens with one attached hydrogen (secondary N) is 1. The lowest BCUT2D eigenvalue weighted by Gasteiger charge is -2.09. The molecular weight excluding hydrogens is 270 g/mol. The molecule has 1 aromatic carbocycles. The van der Waals surface area contributed by atoms with E-state index in [0.717, 1.165) is 32.4 Å². The number of hydrogen-bond acceptors (Lipinski definition) is 5. The van der Waals surface area contributed by atoms with E-state index in [-0.39, 0.29) is 5.69 Å². The van der Waals surface area contributed by atoms with Crippen molar-refractivity contribution in [3.05, 3.63) is 69.3 Å². The van der Waals surface area contributed by atoms with Crippen molar-refractivity contribution in [3.63, 3.8) is 0 Å². The van der Waals surface area contributed by atoms with Gasteiger partial charge in [0.25, 0.3) is 0 Å². The van der Waals surface area contributed by atoms with Gasteiger partial charge in [-0.05, 0) is 24.3 Å². The Bertz CT molecular complexity index is 1020. The largest absolute Gasteiger partial charge is 0.326 e. The van der Waals surface area contributed by atoms with E-state index in [2.05, 4.69) is 15.0 Å². The molecule has 0 aliphatic carbocycles. The number of H-pyrrole nitrogens is 1. The molecule has 3 heterocycles. The van der Waals surface area contributed by atoms with Crippen LogP contribution in [0.15, 0.2) is 62.9 Å². The van der Waals surface area contributed by atoms with E-state index in [4.69, 9.17) is 0 Å². The highest BCUT2D eigenvalue weighted by Crippen LogP contribution is 2.16. The number of hydroxylamine groups is 2. The maximum Gasteiger partial charge on any atom is 0.326 e. The molecule has 2 aliphatic heterocycles. The molecule has 21 heavy (non-hydrogen) atoms. The summed E-state index contributed by atoms with van der Waals surface area (Å²) in [5.74, 6) is 0.586. The maximum atomic E-state index is 11.6. The van der Waals surface area contributed by atoms with Crippen molar-refractivity contribution < 1.29 is 5.21 Å². The summed E-state index contributed by atoms with van der Waals surface area (Å²) in [7, 11) is 1.71. The predicted molar refractivity (Wildman–Crippen MR) is 74.8 cm³/mol. The molecule has 104 valence electrons. The summed E-state index contributed by atoms with van der Waals surface area (Å²) in [6.07, 6.45) is 6.50. The molecule has 1 aromatic heterocycles. The van der Waals surface area contributed by atoms with Crippen molar-refractivity contribution in [1.82, 2.24) is 14.6 Å². The molecule has 2 aliphatic rings. The predicted octanol–water partition coefficient (Wildman–Crippen LogP) is 0.0632. The molecule has 0 bridgehead atoms. The van der Waals surface area contributed by atoms with E-state index < -0.39 is 0 Å². The molecule has 0 saturated carbocycles. The first-order chi connectivity index (χ1) is 10.1. The summed E-state index contributed by atoms with van der Waals surface area (Å²) >= 11 is 0. The van der Waals surface area contributed by atoms with Gasteiger partial charge in [-0.1, -0.05) is 0 Å². The van der Waals surface area contributed by atoms with Gasteiger partial charge in [-0.15, -0.1) is 0 Å². The zero-order valence-electron chi connectivity index (χ0n) is 11.1. The summed E-state index contributed by atoms with van der Waals surface area (Å²) in [5.41, 5.74) is 2.19. The van der Waals surface area contributed by atoms with E-state index in [1.54, 1.807) is 23.8 Å². The van der Waals surface area contributed by atoms with Crippen LogP contribution in [0.5, 0.6) is 0 Å². The Balaban J connectivity index is 1.96. The number of fused-ring (bicyclic) bond motifs is 2. The second-order valence-corrected chi connectivity index (χ2v) is 4.86. The number of benzene rings is 1. The normalized spacial score (nSPS) is 16.4. The summed E-state index contributed by atoms with van der Waals surface area (Å²) in [6, 6.07) is 3.66. The van der Waals surface area contributed by atoms with Gasteiger partial charge in [-0.3, -0.25) is 9.77 Å². The van der Waals surface area contributed by atoms with Crippen molar-refractivity contribution in [2.75, 3.05) is 0 Å². The van der Waals surface area contributed by atoms with Gasteiger partial charge < -0.3 is 4.98 Å². The van der Waals surface area contributed by atoms with Crippen molar-refractivity contribution in [2.24, 2.45) is 17.0 Å². The van der Waals surface area contributed by atoms with Crippen LogP contribution in [-0.4, -0.2) is 19.8 Å². The molecule has 0 fully saturated rings. The SMILES string of the molecule is Cn1c(=O)[nH]c2cc3c(cc21)=NC(=C1C=CN(O)C=C1)N=3. The van der Waals surface area contributed by atoms with Crippen molar-refractivity contribution >= 4 is 11.0 Å². The van der Waals surface area contributed by atoms with Crippen molar-refractivity contribution in [3.8, 4) is 0 Å². The second-order valence-electron chi connectivity index (χ2n) is 4.86. The number of aromatic amines is 1. The Morgan fingerprint density at radius 1 is 1.14 bits per heavy atom. The van der Waals surface area contributed by atoms with Crippen molar-refractivity contribution in [2.45, 2.75) is 0 Å². The summed E-state index contributed by atoms with van der Waals surface area (Å²) in [6.45, 7) is 0. The Morgan fingerprint density at radius 3 is 2.52 bits per heavy atom. The minimum absolute atomic E-state index is 0.159. The Hall–Kier alpha value is -2.93. The molecule has 7 heteroatoms. The van der Waals surface area contributed by atoms with Crippen LogP contribution < -0.4 is 16.4 Å². The lowest BCUT2D eigenvalue weighted by molar-refractivity contribution is 0.0105. The number of nitrogens with zero attached hydrogens (tertiary/aromatic N) is 4. The Morgan fingerprint density at radius 2 is 1.81 bits per heavy atom. The summed E-state index contributed by atoms with van der Waals surface area (Å²) in [5, 5.41) is 11.7. The van der Waals surface area contributed by atoms with Gasteiger partial charge >= 0.3 is 5.69 Å². The van der Waals surface area contributed by atoms with Crippen LogP contribution in [-0.2, 0) is 7.05 Å². The third-order valence-electron chi connectivity index (χ3n) is 3.53. The number of allylic oxidation sites excluding steroid dienone is 3. The van der Waals surface area contributed by atoms with Crippen LogP contribution in [0.4, 0.5) is 0 Å². The average Bonchev–Trinajstić information content (AvgIpc) is 2.99. The summed E-state index contributed by atoms with van der Waals surface area (Å²) < 4.78 is 1.54. The van der Waals surface area contributed by atoms with Crippen LogP contribution in [0.1, 0.15) is 0 Å². The fourth-order valence-electron chi connectivity index (χ4n) is 2.38. The fraction of sp³-hybridized carbons (Fsp3) is 0.0714. The molecule has 0 unspecified atom stereocenters. The zero-order valence-corrected chi connectivity index (χ0v) is 11.1. The quantitative estimate of drug-likeness (QED) is 0.716. The number of aryl methyl sites for hydroxylation is 1. The van der Waals surface area contributed by atoms with Gasteiger partial charge in [0, 0.05) is 25.0 Å². The monoisotopic (exact) mass is 281 g/mol. The highest BCUT2D eigenvalue weighted by atomic mass is 16.5. The molecule has 0 atom stereocenters. The number of aromatic nitrogens is 2. The Kier molecular flexibility index (Phi) is 2.28. The van der Waals surface area contributed by atoms with Crippen LogP contribution in [0.25, 0.3) is 11.0 Å². The standard InChI is InChI=1S/C14H11N5O2/c1-18-12-7-10-9(6-11(12)17-14(18)20)15-13(16-10)8-2-4-19(21)5-3-8/h2-7,21H,1H3,(H,17,20). The van der Waals surface area contributed by atoms with Gasteiger partial charge in [-0.2, -0.15) is 0 Å². The van der Waals surface area contributed by atoms with Crippen LogP contribution >= 0.6 is 0 Å². The molecular formula is C14H11N5O2. The number of imidazole rings is 1. The van der Waals surface area contributed by atoms with E-state index in [0.29, 0.717) is 5.82 Å². The van der Waals surface area contributed by atoms with Gasteiger partial charge in [0.1, 0.15) is 0 Å². The maximum absolute atomic E-state index is 11.6. The topological polar surface area (TPSA) is 86.0 Å². The minimum Gasteiger partial charge on any atom is -0.305 e. The van der Waals surface area contributed by atoms with Crippen LogP contribution in [0.2, 0.25) is 0 Å². The third-order valence-corrected chi connectivity index (χ3v) is 3.53. The fourth-order valence-corrected chi connectivity index (χ4v) is 2.38. The molecule has 0 spiro atoms. The van der Waals surface area contributed by atoms with E-state index in [1.807, 2.05) is 12.1 Å². The summed E-state index contributed by atoms with van der Waals surface area (Å²) in [4.78, 5) is 23.3. The first-order valence-electron chi connectivity index (χ1n) is 6.36. The molecule has 0 radical (unpaired) electrons. The Labute approximate surface area is 118 Å². The van der Waals surface area contributed by atoms with Gasteiger partial charge in [0.15, 0.2) is 5.82 Å². The van der Waals surface area contributed by atoms with Gasteiger partial charge in [0.05, 0.1) is 21.7 Å². The second kappa shape index (κ2) is 4.03. The molecule has 4 rings (SSSR count). The zero-order chi connectivity index (χ0) is 14.6. The highest BCUT2D eigenvalue weighted by molar-refractivity contribution is 5.74. The highest BCUT2D eigenvalue weighted by Gasteiger charge is 2.11. The third kappa shape index (κ3) is 1.75. The lowest BCUT2D eigenvalue weighted by atomic mass is 10.2. The number of hydrogen-bond donors (Lipinski definition) is 2. The van der Waals surface area contributed by atoms with E-state index >= 15 is 0 Å². The smallest absolute Gasteiger partial charge is 0.305 e. The van der Waals surface area contributed by atoms with Gasteiger partial charge in [-0.25, -0.2) is 19.8 Å². The molecule has 2 aromatic rings. The van der Waals surface area contributed by atoms with Crippen LogP contribution in [0.3, 0.4) is 0 Å².